The molecule has 0 fully saturated rings. The van der Waals surface area contributed by atoms with Gasteiger partial charge in [0.05, 0.1) is 0 Å². The van der Waals surface area contributed by atoms with Crippen molar-refractivity contribution in [3.8, 4) is 0 Å². The molecule has 86 valence electrons. The molecule has 0 saturated heterocycles. The van der Waals surface area contributed by atoms with Gasteiger partial charge < -0.3 is 10.2 Å². The molecule has 1 aromatic carbocycles. The minimum atomic E-state index is -1.53. The maximum Gasteiger partial charge on any atom is 0.322 e. The van der Waals surface area contributed by atoms with Crippen LogP contribution in [0.25, 0.3) is 0 Å². The second kappa shape index (κ2) is 4.65. The number of aryl methyl sites for hydroxylation is 2. The number of benzene rings is 1. The predicted octanol–water partition coefficient (Wildman–Crippen LogP) is 2.32. The largest absolute Gasteiger partial charge is 0.480 e. The van der Waals surface area contributed by atoms with Crippen LogP contribution in [0.2, 0.25) is 0 Å². The highest BCUT2D eigenvalue weighted by atomic mass is 79.9. The van der Waals surface area contributed by atoms with Crippen molar-refractivity contribution >= 4 is 27.9 Å². The zero-order valence-corrected chi connectivity index (χ0v) is 10.4. The van der Waals surface area contributed by atoms with E-state index in [2.05, 4.69) is 15.9 Å². The van der Waals surface area contributed by atoms with Crippen LogP contribution >= 0.6 is 15.9 Å². The smallest absolute Gasteiger partial charge is 0.322 e. The lowest BCUT2D eigenvalue weighted by molar-refractivity contribution is -0.150. The molecule has 0 aliphatic carbocycles. The Balaban J connectivity index is 3.41. The number of carboxylic acid groups (broad SMARTS) is 2. The van der Waals surface area contributed by atoms with E-state index in [1.54, 1.807) is 19.1 Å². The van der Waals surface area contributed by atoms with Crippen LogP contribution in [0.4, 0.5) is 0 Å². The van der Waals surface area contributed by atoms with Gasteiger partial charge in [0.2, 0.25) is 0 Å². The second-order valence-electron chi connectivity index (χ2n) is 3.59. The summed E-state index contributed by atoms with van der Waals surface area (Å²) in [6, 6.07) is 3.47. The van der Waals surface area contributed by atoms with Gasteiger partial charge in [0.1, 0.15) is 0 Å². The first-order valence-electron chi connectivity index (χ1n) is 4.57. The first-order chi connectivity index (χ1) is 7.34. The molecule has 0 aliphatic heterocycles. The standard InChI is InChI=1S/C11H11BrO4/c1-5-3-6(2)8(7(12)4-5)9(10(13)14)11(15)16/h3-4,9H,1-2H3,(H,13,14)(H,15,16). The minimum Gasteiger partial charge on any atom is -0.480 e. The van der Waals surface area contributed by atoms with E-state index in [9.17, 15) is 9.59 Å². The predicted molar refractivity (Wildman–Crippen MR) is 61.6 cm³/mol. The third kappa shape index (κ3) is 2.41. The van der Waals surface area contributed by atoms with Crippen molar-refractivity contribution < 1.29 is 19.8 Å². The van der Waals surface area contributed by atoms with E-state index in [1.807, 2.05) is 6.92 Å². The molecule has 5 heteroatoms. The maximum atomic E-state index is 10.9. The fraction of sp³-hybridized carbons (Fsp3) is 0.273. The molecule has 0 saturated carbocycles. The molecular formula is C11H11BrO4. The van der Waals surface area contributed by atoms with Crippen molar-refractivity contribution in [2.45, 2.75) is 19.8 Å². The van der Waals surface area contributed by atoms with Crippen molar-refractivity contribution in [3.63, 3.8) is 0 Å². The molecule has 0 unspecified atom stereocenters. The van der Waals surface area contributed by atoms with Gasteiger partial charge in [0, 0.05) is 4.47 Å². The number of hydrogen-bond donors (Lipinski definition) is 2. The Morgan fingerprint density at radius 3 is 2.06 bits per heavy atom. The second-order valence-corrected chi connectivity index (χ2v) is 4.44. The van der Waals surface area contributed by atoms with E-state index in [1.165, 1.54) is 0 Å². The van der Waals surface area contributed by atoms with Crippen molar-refractivity contribution in [1.29, 1.82) is 0 Å². The highest BCUT2D eigenvalue weighted by Crippen LogP contribution is 2.30. The van der Waals surface area contributed by atoms with Crippen molar-refractivity contribution in [2.75, 3.05) is 0 Å². The Morgan fingerprint density at radius 1 is 1.19 bits per heavy atom. The van der Waals surface area contributed by atoms with Gasteiger partial charge in [-0.2, -0.15) is 0 Å². The zero-order valence-electron chi connectivity index (χ0n) is 8.82. The number of halogens is 1. The van der Waals surface area contributed by atoms with Crippen LogP contribution in [0.3, 0.4) is 0 Å². The summed E-state index contributed by atoms with van der Waals surface area (Å²) in [4.78, 5) is 21.9. The molecule has 0 atom stereocenters. The van der Waals surface area contributed by atoms with Crippen LogP contribution in [0.5, 0.6) is 0 Å². The monoisotopic (exact) mass is 286 g/mol. The molecule has 0 amide bonds. The summed E-state index contributed by atoms with van der Waals surface area (Å²) >= 11 is 3.21. The summed E-state index contributed by atoms with van der Waals surface area (Å²) in [6.45, 7) is 3.56. The van der Waals surface area contributed by atoms with Crippen LogP contribution < -0.4 is 0 Å². The van der Waals surface area contributed by atoms with E-state index < -0.39 is 17.9 Å². The van der Waals surface area contributed by atoms with Crippen LogP contribution in [0.1, 0.15) is 22.6 Å². The molecular weight excluding hydrogens is 276 g/mol. The summed E-state index contributed by atoms with van der Waals surface area (Å²) < 4.78 is 0.514. The van der Waals surface area contributed by atoms with Gasteiger partial charge in [-0.05, 0) is 36.6 Å². The van der Waals surface area contributed by atoms with Gasteiger partial charge in [-0.3, -0.25) is 9.59 Å². The Kier molecular flexibility index (Phi) is 3.70. The van der Waals surface area contributed by atoms with E-state index in [4.69, 9.17) is 10.2 Å². The van der Waals surface area contributed by atoms with E-state index >= 15 is 0 Å². The Labute approximate surface area is 101 Å². The molecule has 0 heterocycles. The molecule has 0 aromatic heterocycles. The molecule has 16 heavy (non-hydrogen) atoms. The summed E-state index contributed by atoms with van der Waals surface area (Å²) in [5.41, 5.74) is 1.90. The number of aliphatic carboxylic acids is 2. The number of carboxylic acids is 2. The van der Waals surface area contributed by atoms with Gasteiger partial charge >= 0.3 is 11.9 Å². The van der Waals surface area contributed by atoms with Gasteiger partial charge in [-0.15, -0.1) is 0 Å². The van der Waals surface area contributed by atoms with Gasteiger partial charge in [0.25, 0.3) is 0 Å². The van der Waals surface area contributed by atoms with Gasteiger partial charge in [-0.25, -0.2) is 0 Å². The Hall–Kier alpha value is -1.36. The van der Waals surface area contributed by atoms with E-state index in [0.717, 1.165) is 5.56 Å². The first-order valence-corrected chi connectivity index (χ1v) is 5.36. The lowest BCUT2D eigenvalue weighted by Gasteiger charge is -2.14. The van der Waals surface area contributed by atoms with Crippen molar-refractivity contribution in [3.05, 3.63) is 33.3 Å². The van der Waals surface area contributed by atoms with E-state index in [0.29, 0.717) is 15.6 Å². The third-order valence-corrected chi connectivity index (χ3v) is 2.92. The molecule has 4 nitrogen and oxygen atoms in total. The minimum absolute atomic E-state index is 0.297. The fourth-order valence-electron chi connectivity index (χ4n) is 1.65. The number of hydrogen-bond acceptors (Lipinski definition) is 2. The van der Waals surface area contributed by atoms with Crippen molar-refractivity contribution in [2.24, 2.45) is 0 Å². The summed E-state index contributed by atoms with van der Waals surface area (Å²) in [7, 11) is 0. The van der Waals surface area contributed by atoms with Crippen molar-refractivity contribution in [1.82, 2.24) is 0 Å². The topological polar surface area (TPSA) is 74.6 Å². The molecule has 0 spiro atoms. The van der Waals surface area contributed by atoms with Crippen LogP contribution in [0, 0.1) is 13.8 Å². The van der Waals surface area contributed by atoms with Crippen LogP contribution in [-0.2, 0) is 9.59 Å². The lowest BCUT2D eigenvalue weighted by Crippen LogP contribution is -2.22. The molecule has 1 aromatic rings. The summed E-state index contributed by atoms with van der Waals surface area (Å²) in [6.07, 6.45) is 0. The zero-order chi connectivity index (χ0) is 12.5. The SMILES string of the molecule is Cc1cc(C)c(C(C(=O)O)C(=O)O)c(Br)c1. The number of carbonyl (C=O) groups is 2. The first kappa shape index (κ1) is 12.7. The average molecular weight is 287 g/mol. The summed E-state index contributed by atoms with van der Waals surface area (Å²) in [5, 5.41) is 17.8. The summed E-state index contributed by atoms with van der Waals surface area (Å²) in [5.74, 6) is -4.25. The normalized spacial score (nSPS) is 10.5. The highest BCUT2D eigenvalue weighted by molar-refractivity contribution is 9.10. The quantitative estimate of drug-likeness (QED) is 0.837. The van der Waals surface area contributed by atoms with Gasteiger partial charge in [-0.1, -0.05) is 22.0 Å². The molecule has 0 aliphatic rings. The van der Waals surface area contributed by atoms with Crippen LogP contribution in [-0.4, -0.2) is 22.2 Å². The fourth-order valence-corrected chi connectivity index (χ4v) is 2.55. The highest BCUT2D eigenvalue weighted by Gasteiger charge is 2.31. The van der Waals surface area contributed by atoms with E-state index in [-0.39, 0.29) is 0 Å². The third-order valence-electron chi connectivity index (χ3n) is 2.26. The molecule has 0 bridgehead atoms. The lowest BCUT2D eigenvalue weighted by atomic mass is 9.94. The molecule has 2 N–H and O–H groups in total. The molecule has 1 rings (SSSR count). The average Bonchev–Trinajstić information content (AvgIpc) is 2.09. The maximum absolute atomic E-state index is 10.9. The Bertz CT molecular complexity index is 416. The Morgan fingerprint density at radius 2 is 1.69 bits per heavy atom. The van der Waals surface area contributed by atoms with Crippen LogP contribution in [0.15, 0.2) is 16.6 Å². The van der Waals surface area contributed by atoms with Gasteiger partial charge in [0.15, 0.2) is 5.92 Å². The number of rotatable bonds is 3. The molecule has 0 radical (unpaired) electrons.